The lowest BCUT2D eigenvalue weighted by atomic mass is 10.1. The molecule has 0 saturated carbocycles. The van der Waals surface area contributed by atoms with Crippen LogP contribution in [0.15, 0.2) is 22.7 Å². The van der Waals surface area contributed by atoms with Crippen molar-refractivity contribution in [3.8, 4) is 0 Å². The van der Waals surface area contributed by atoms with Crippen LogP contribution in [0, 0.1) is 0 Å². The van der Waals surface area contributed by atoms with Crippen LogP contribution in [0.4, 0.5) is 5.69 Å². The third-order valence-corrected chi connectivity index (χ3v) is 3.14. The van der Waals surface area contributed by atoms with Crippen molar-refractivity contribution in [2.24, 2.45) is 5.73 Å². The zero-order valence-electron chi connectivity index (χ0n) is 9.94. The van der Waals surface area contributed by atoms with Crippen LogP contribution in [0.3, 0.4) is 0 Å². The third kappa shape index (κ3) is 4.12. The lowest BCUT2D eigenvalue weighted by Gasteiger charge is -2.10. The number of nitrogens with two attached hydrogens (primary N) is 1. The van der Waals surface area contributed by atoms with Gasteiger partial charge in [-0.3, -0.25) is 4.79 Å². The van der Waals surface area contributed by atoms with Crippen molar-refractivity contribution >= 4 is 33.5 Å². The van der Waals surface area contributed by atoms with E-state index in [1.165, 1.54) is 6.07 Å². The highest BCUT2D eigenvalue weighted by Crippen LogP contribution is 2.21. The van der Waals surface area contributed by atoms with E-state index in [1.54, 1.807) is 12.1 Å². The highest BCUT2D eigenvalue weighted by atomic mass is 79.9. The number of nitrogens with one attached hydrogen (secondary N) is 1. The monoisotopic (exact) mass is 314 g/mol. The lowest BCUT2D eigenvalue weighted by Crippen LogP contribution is -2.26. The molecule has 0 saturated heterocycles. The molecule has 1 rings (SSSR count). The second-order valence-electron chi connectivity index (χ2n) is 3.92. The molecular weight excluding hydrogens is 300 g/mol. The highest BCUT2D eigenvalue weighted by molar-refractivity contribution is 9.10. The van der Waals surface area contributed by atoms with Gasteiger partial charge in [-0.25, -0.2) is 4.79 Å². The summed E-state index contributed by atoms with van der Waals surface area (Å²) < 4.78 is 0.471. The number of benzene rings is 1. The predicted molar refractivity (Wildman–Crippen MR) is 72.6 cm³/mol. The largest absolute Gasteiger partial charge is 0.478 e. The standard InChI is InChI=1S/C12H15BrN2O3/c1-2-7(14)5-11(16)15-8-3-4-10(13)9(6-8)12(17)18/h3-4,6-7H,2,5,14H2,1H3,(H,15,16)(H,17,18). The van der Waals surface area contributed by atoms with Gasteiger partial charge < -0.3 is 16.2 Å². The zero-order chi connectivity index (χ0) is 13.7. The normalized spacial score (nSPS) is 11.9. The summed E-state index contributed by atoms with van der Waals surface area (Å²) in [7, 11) is 0. The SMILES string of the molecule is CCC(N)CC(=O)Nc1ccc(Br)c(C(=O)O)c1. The second kappa shape index (κ2) is 6.51. The average molecular weight is 315 g/mol. The van der Waals surface area contributed by atoms with Crippen molar-refractivity contribution in [3.63, 3.8) is 0 Å². The fourth-order valence-electron chi connectivity index (χ4n) is 1.36. The summed E-state index contributed by atoms with van der Waals surface area (Å²) in [6.45, 7) is 1.90. The molecule has 1 unspecified atom stereocenters. The molecule has 1 amide bonds. The molecule has 0 aliphatic carbocycles. The molecule has 0 spiro atoms. The van der Waals surface area contributed by atoms with Crippen molar-refractivity contribution in [1.29, 1.82) is 0 Å². The van der Waals surface area contributed by atoms with Crippen molar-refractivity contribution in [3.05, 3.63) is 28.2 Å². The summed E-state index contributed by atoms with van der Waals surface area (Å²) in [4.78, 5) is 22.5. The molecule has 0 fully saturated rings. The molecule has 6 heteroatoms. The van der Waals surface area contributed by atoms with Gasteiger partial charge in [-0.1, -0.05) is 6.92 Å². The summed E-state index contributed by atoms with van der Waals surface area (Å²) in [5, 5.41) is 11.6. The quantitative estimate of drug-likeness (QED) is 0.777. The van der Waals surface area contributed by atoms with Crippen LogP contribution in [0.2, 0.25) is 0 Å². The van der Waals surface area contributed by atoms with E-state index in [2.05, 4.69) is 21.2 Å². The average Bonchev–Trinajstić information content (AvgIpc) is 2.31. The molecule has 18 heavy (non-hydrogen) atoms. The Hall–Kier alpha value is -1.40. The van der Waals surface area contributed by atoms with Gasteiger partial charge in [-0.05, 0) is 40.5 Å². The topological polar surface area (TPSA) is 92.4 Å². The Balaban J connectivity index is 2.76. The number of carboxylic acids is 1. The maximum atomic E-state index is 11.6. The van der Waals surface area contributed by atoms with Crippen molar-refractivity contribution in [2.45, 2.75) is 25.8 Å². The molecule has 0 aliphatic heterocycles. The van der Waals surface area contributed by atoms with E-state index in [9.17, 15) is 9.59 Å². The summed E-state index contributed by atoms with van der Waals surface area (Å²) in [5.74, 6) is -1.27. The van der Waals surface area contributed by atoms with Crippen molar-refractivity contribution < 1.29 is 14.7 Å². The minimum Gasteiger partial charge on any atom is -0.478 e. The smallest absolute Gasteiger partial charge is 0.336 e. The van der Waals surface area contributed by atoms with Crippen LogP contribution < -0.4 is 11.1 Å². The first-order valence-electron chi connectivity index (χ1n) is 5.52. The Kier molecular flexibility index (Phi) is 5.30. The van der Waals surface area contributed by atoms with Gasteiger partial charge in [-0.15, -0.1) is 0 Å². The zero-order valence-corrected chi connectivity index (χ0v) is 11.5. The fraction of sp³-hybridized carbons (Fsp3) is 0.333. The van der Waals surface area contributed by atoms with Crippen LogP contribution in [0.25, 0.3) is 0 Å². The summed E-state index contributed by atoms with van der Waals surface area (Å²) in [5.41, 5.74) is 6.22. The summed E-state index contributed by atoms with van der Waals surface area (Å²) in [6, 6.07) is 4.44. The van der Waals surface area contributed by atoms with Crippen LogP contribution >= 0.6 is 15.9 Å². The molecule has 1 aromatic rings. The van der Waals surface area contributed by atoms with Gasteiger partial charge >= 0.3 is 5.97 Å². The lowest BCUT2D eigenvalue weighted by molar-refractivity contribution is -0.116. The number of aromatic carboxylic acids is 1. The molecule has 4 N–H and O–H groups in total. The maximum Gasteiger partial charge on any atom is 0.336 e. The molecule has 0 aliphatic rings. The van der Waals surface area contributed by atoms with E-state index in [0.717, 1.165) is 0 Å². The Morgan fingerprint density at radius 1 is 1.50 bits per heavy atom. The van der Waals surface area contributed by atoms with Crippen LogP contribution in [-0.2, 0) is 4.79 Å². The van der Waals surface area contributed by atoms with E-state index >= 15 is 0 Å². The summed E-state index contributed by atoms with van der Waals surface area (Å²) >= 11 is 3.14. The number of halogens is 1. The molecule has 1 atom stereocenters. The van der Waals surface area contributed by atoms with Gasteiger partial charge in [0.05, 0.1) is 5.56 Å². The van der Waals surface area contributed by atoms with E-state index in [1.807, 2.05) is 6.92 Å². The van der Waals surface area contributed by atoms with Crippen molar-refractivity contribution in [2.75, 3.05) is 5.32 Å². The highest BCUT2D eigenvalue weighted by Gasteiger charge is 2.12. The van der Waals surface area contributed by atoms with E-state index in [0.29, 0.717) is 16.6 Å². The number of rotatable bonds is 5. The molecule has 0 heterocycles. The molecule has 0 bridgehead atoms. The Labute approximate surface area is 113 Å². The first kappa shape index (κ1) is 14.7. The van der Waals surface area contributed by atoms with E-state index < -0.39 is 5.97 Å². The molecule has 0 aromatic heterocycles. The molecule has 0 radical (unpaired) electrons. The van der Waals surface area contributed by atoms with Gasteiger partial charge in [0.1, 0.15) is 0 Å². The van der Waals surface area contributed by atoms with Crippen LogP contribution in [0.5, 0.6) is 0 Å². The third-order valence-electron chi connectivity index (χ3n) is 2.45. The predicted octanol–water partition coefficient (Wildman–Crippen LogP) is 2.21. The number of carbonyl (C=O) groups excluding carboxylic acids is 1. The number of amides is 1. The fourth-order valence-corrected chi connectivity index (χ4v) is 1.78. The van der Waals surface area contributed by atoms with Gasteiger partial charge in [0.15, 0.2) is 0 Å². The maximum absolute atomic E-state index is 11.6. The Bertz CT molecular complexity index is 463. The molecule has 5 nitrogen and oxygen atoms in total. The van der Waals surface area contributed by atoms with Crippen LogP contribution in [-0.4, -0.2) is 23.0 Å². The van der Waals surface area contributed by atoms with Gasteiger partial charge in [0.2, 0.25) is 5.91 Å². The summed E-state index contributed by atoms with van der Waals surface area (Å²) in [6.07, 6.45) is 0.934. The molecule has 1 aromatic carbocycles. The van der Waals surface area contributed by atoms with Crippen molar-refractivity contribution in [1.82, 2.24) is 0 Å². The Morgan fingerprint density at radius 2 is 2.17 bits per heavy atom. The molecular formula is C12H15BrN2O3. The molecule has 98 valence electrons. The number of carbonyl (C=O) groups is 2. The van der Waals surface area contributed by atoms with E-state index in [4.69, 9.17) is 10.8 Å². The minimum atomic E-state index is -1.05. The first-order chi connectivity index (χ1) is 8.43. The van der Waals surface area contributed by atoms with Gasteiger partial charge in [-0.2, -0.15) is 0 Å². The van der Waals surface area contributed by atoms with E-state index in [-0.39, 0.29) is 23.9 Å². The number of carboxylic acid groups (broad SMARTS) is 1. The second-order valence-corrected chi connectivity index (χ2v) is 4.77. The number of anilines is 1. The number of hydrogen-bond acceptors (Lipinski definition) is 3. The first-order valence-corrected chi connectivity index (χ1v) is 6.31. The Morgan fingerprint density at radius 3 is 2.72 bits per heavy atom. The van der Waals surface area contributed by atoms with Gasteiger partial charge in [0, 0.05) is 22.6 Å². The van der Waals surface area contributed by atoms with Gasteiger partial charge in [0.25, 0.3) is 0 Å². The number of hydrogen-bond donors (Lipinski definition) is 3. The van der Waals surface area contributed by atoms with Crippen LogP contribution in [0.1, 0.15) is 30.1 Å². The minimum absolute atomic E-state index is 0.104.